The lowest BCUT2D eigenvalue weighted by molar-refractivity contribution is -0.115. The first-order valence-corrected chi connectivity index (χ1v) is 12.9. The summed E-state index contributed by atoms with van der Waals surface area (Å²) >= 11 is 0.978. The van der Waals surface area contributed by atoms with Crippen LogP contribution in [0.1, 0.15) is 18.1 Å². The molecule has 0 fully saturated rings. The molecule has 0 spiro atoms. The number of aromatic nitrogens is 3. The van der Waals surface area contributed by atoms with Gasteiger partial charge in [0.15, 0.2) is 11.5 Å². The highest BCUT2D eigenvalue weighted by molar-refractivity contribution is 8.00. The molecule has 2 heterocycles. The third-order valence-electron chi connectivity index (χ3n) is 6.02. The van der Waals surface area contributed by atoms with Gasteiger partial charge in [0.05, 0.1) is 37.8 Å². The first-order chi connectivity index (χ1) is 19.8. The molecule has 13 heteroatoms. The minimum Gasteiger partial charge on any atom is -0.493 e. The van der Waals surface area contributed by atoms with Gasteiger partial charge in [-0.3, -0.25) is 14.7 Å². The van der Waals surface area contributed by atoms with Crippen molar-refractivity contribution in [3.63, 3.8) is 0 Å². The molecule has 41 heavy (non-hydrogen) atoms. The molecular weight excluding hydrogens is 546 g/mol. The molecule has 12 nitrogen and oxygen atoms in total. The molecule has 0 aliphatic rings. The number of amides is 1. The largest absolute Gasteiger partial charge is 0.493 e. The highest BCUT2D eigenvalue weighted by Crippen LogP contribution is 2.44. The van der Waals surface area contributed by atoms with Crippen LogP contribution in [-0.4, -0.2) is 47.3 Å². The molecule has 4 aromatic rings. The van der Waals surface area contributed by atoms with Gasteiger partial charge in [0.1, 0.15) is 34.4 Å². The van der Waals surface area contributed by atoms with Crippen LogP contribution < -0.4 is 30.8 Å². The number of aromatic amines is 1. The van der Waals surface area contributed by atoms with Crippen LogP contribution in [0.3, 0.4) is 0 Å². The molecule has 0 bridgehead atoms. The molecule has 1 atom stereocenters. The van der Waals surface area contributed by atoms with Crippen molar-refractivity contribution >= 4 is 29.3 Å². The zero-order valence-corrected chi connectivity index (χ0v) is 23.3. The van der Waals surface area contributed by atoms with Crippen LogP contribution in [0.25, 0.3) is 16.8 Å². The predicted molar refractivity (Wildman–Crippen MR) is 154 cm³/mol. The van der Waals surface area contributed by atoms with E-state index in [-0.39, 0.29) is 38.9 Å². The van der Waals surface area contributed by atoms with E-state index in [4.69, 9.17) is 19.9 Å². The van der Waals surface area contributed by atoms with Crippen LogP contribution in [0.4, 0.5) is 11.6 Å². The van der Waals surface area contributed by atoms with Gasteiger partial charge < -0.3 is 25.3 Å². The number of para-hydroxylation sites is 1. The fourth-order valence-electron chi connectivity index (χ4n) is 4.08. The number of pyridine rings is 1. The number of H-pyrrole nitrogens is 1. The normalized spacial score (nSPS) is 11.2. The third kappa shape index (κ3) is 5.66. The minimum absolute atomic E-state index is 0.0166. The maximum Gasteiger partial charge on any atom is 0.273 e. The predicted octanol–water partition coefficient (Wildman–Crippen LogP) is 3.70. The monoisotopic (exact) mass is 571 g/mol. The lowest BCUT2D eigenvalue weighted by Crippen LogP contribution is -2.23. The Bertz CT molecular complexity index is 1730. The second kappa shape index (κ2) is 12.2. The van der Waals surface area contributed by atoms with Gasteiger partial charge in [-0.2, -0.15) is 10.5 Å². The molecule has 0 aliphatic carbocycles. The van der Waals surface area contributed by atoms with E-state index in [0.29, 0.717) is 28.5 Å². The molecular formula is C28H25N7O5S. The molecule has 0 aliphatic heterocycles. The Balaban J connectivity index is 1.69. The van der Waals surface area contributed by atoms with E-state index in [1.165, 1.54) is 32.1 Å². The summed E-state index contributed by atoms with van der Waals surface area (Å²) in [6.07, 6.45) is 0. The number of hydrogen-bond donors (Lipinski definition) is 3. The molecule has 0 saturated heterocycles. The zero-order valence-electron chi connectivity index (χ0n) is 22.5. The van der Waals surface area contributed by atoms with Crippen molar-refractivity contribution in [1.82, 2.24) is 14.8 Å². The number of rotatable bonds is 9. The molecule has 0 radical (unpaired) electrons. The number of methoxy groups -OCH3 is 3. The number of carbonyl (C=O) groups is 1. The number of ether oxygens (including phenoxy) is 3. The van der Waals surface area contributed by atoms with Crippen molar-refractivity contribution in [3.05, 3.63) is 70.0 Å². The summed E-state index contributed by atoms with van der Waals surface area (Å²) in [4.78, 5) is 29.8. The Hall–Kier alpha value is -5.40. The van der Waals surface area contributed by atoms with Crippen molar-refractivity contribution in [2.45, 2.75) is 17.2 Å². The highest BCUT2D eigenvalue weighted by atomic mass is 32.2. The van der Waals surface area contributed by atoms with Gasteiger partial charge in [0, 0.05) is 11.6 Å². The van der Waals surface area contributed by atoms with Gasteiger partial charge >= 0.3 is 0 Å². The summed E-state index contributed by atoms with van der Waals surface area (Å²) < 4.78 is 17.6. The second-order valence-corrected chi connectivity index (χ2v) is 9.82. The Labute approximate surface area is 239 Å². The van der Waals surface area contributed by atoms with E-state index >= 15 is 0 Å². The number of carbonyl (C=O) groups excluding carboxylic acids is 1. The molecule has 1 unspecified atom stereocenters. The quantitative estimate of drug-likeness (QED) is 0.251. The smallest absolute Gasteiger partial charge is 0.273 e. The average Bonchev–Trinajstić information content (AvgIpc) is 3.35. The van der Waals surface area contributed by atoms with Crippen LogP contribution >= 0.6 is 11.8 Å². The van der Waals surface area contributed by atoms with E-state index in [0.717, 1.165) is 11.8 Å². The number of thioether (sulfide) groups is 1. The summed E-state index contributed by atoms with van der Waals surface area (Å²) in [6.45, 7) is 1.61. The Kier molecular flexibility index (Phi) is 8.51. The van der Waals surface area contributed by atoms with E-state index in [9.17, 15) is 20.1 Å². The zero-order chi connectivity index (χ0) is 29.7. The topological polar surface area (TPSA) is 181 Å². The van der Waals surface area contributed by atoms with E-state index in [1.807, 2.05) is 12.1 Å². The molecule has 0 saturated carbocycles. The summed E-state index contributed by atoms with van der Waals surface area (Å²) in [6, 6.07) is 17.5. The molecule has 208 valence electrons. The second-order valence-electron chi connectivity index (χ2n) is 8.49. The molecule has 2 aromatic heterocycles. The fraction of sp³-hybridized carbons (Fsp3) is 0.179. The minimum atomic E-state index is -0.779. The van der Waals surface area contributed by atoms with Crippen LogP contribution in [0, 0.1) is 22.7 Å². The fourth-order valence-corrected chi connectivity index (χ4v) is 5.00. The third-order valence-corrected chi connectivity index (χ3v) is 7.11. The Morgan fingerprint density at radius 2 is 1.68 bits per heavy atom. The number of nitrogens with zero attached hydrogens (tertiary/aromatic N) is 4. The van der Waals surface area contributed by atoms with E-state index in [1.54, 1.807) is 43.3 Å². The Morgan fingerprint density at radius 3 is 2.24 bits per heavy atom. The number of nitrogen functional groups attached to an aromatic ring is 1. The highest BCUT2D eigenvalue weighted by Gasteiger charge is 2.26. The molecule has 2 aromatic carbocycles. The maximum atomic E-state index is 13.1. The summed E-state index contributed by atoms with van der Waals surface area (Å²) in [5, 5.41) is 25.0. The lowest BCUT2D eigenvalue weighted by Gasteiger charge is -2.18. The van der Waals surface area contributed by atoms with Gasteiger partial charge in [-0.05, 0) is 36.8 Å². The average molecular weight is 572 g/mol. The van der Waals surface area contributed by atoms with Gasteiger partial charge in [-0.25, -0.2) is 9.67 Å². The summed E-state index contributed by atoms with van der Waals surface area (Å²) in [5.74, 6) is 0.569. The van der Waals surface area contributed by atoms with E-state index in [2.05, 4.69) is 21.5 Å². The number of nitriles is 2. The van der Waals surface area contributed by atoms with E-state index < -0.39 is 11.2 Å². The number of anilines is 2. The van der Waals surface area contributed by atoms with Crippen molar-refractivity contribution < 1.29 is 19.0 Å². The number of hydrogen-bond acceptors (Lipinski definition) is 10. The summed E-state index contributed by atoms with van der Waals surface area (Å²) in [5.41, 5.74) is 7.05. The molecule has 4 N–H and O–H groups in total. The van der Waals surface area contributed by atoms with Crippen LogP contribution in [0.2, 0.25) is 0 Å². The van der Waals surface area contributed by atoms with Gasteiger partial charge in [-0.15, -0.1) is 0 Å². The van der Waals surface area contributed by atoms with Crippen molar-refractivity contribution in [1.29, 1.82) is 10.5 Å². The Morgan fingerprint density at radius 1 is 1.05 bits per heavy atom. The van der Waals surface area contributed by atoms with Crippen LogP contribution in [-0.2, 0) is 4.79 Å². The standard InChI is InChI=1S/C28H25N7O5S/c1-15(27(37)32-22-12-23(36)35(34-22)17-8-6-5-7-9-17)41-28-19(14-30)24(18(13-29)26(31)33-28)16-10-20(38-2)25(40-4)21(11-16)39-3/h5-12,15,34H,1-4H3,(H2,31,33)(H,32,37). The molecule has 4 rings (SSSR count). The first-order valence-electron chi connectivity index (χ1n) is 12.0. The number of benzene rings is 2. The summed E-state index contributed by atoms with van der Waals surface area (Å²) in [7, 11) is 4.35. The van der Waals surface area contributed by atoms with Crippen molar-refractivity contribution in [3.8, 4) is 46.2 Å². The van der Waals surface area contributed by atoms with Gasteiger partial charge in [0.25, 0.3) is 5.56 Å². The first kappa shape index (κ1) is 28.6. The van der Waals surface area contributed by atoms with Crippen molar-refractivity contribution in [2.75, 3.05) is 32.4 Å². The SMILES string of the molecule is COc1cc(-c2c(C#N)c(N)nc(SC(C)C(=O)Nc3cc(=O)n(-c4ccccc4)[nH]3)c2C#N)cc(OC)c1OC. The van der Waals surface area contributed by atoms with Gasteiger partial charge in [0.2, 0.25) is 11.7 Å². The number of nitrogens with two attached hydrogens (primary N) is 1. The van der Waals surface area contributed by atoms with Crippen LogP contribution in [0.5, 0.6) is 17.2 Å². The number of nitrogens with one attached hydrogen (secondary N) is 2. The lowest BCUT2D eigenvalue weighted by atomic mass is 9.96. The van der Waals surface area contributed by atoms with Gasteiger partial charge in [-0.1, -0.05) is 30.0 Å². The van der Waals surface area contributed by atoms with Crippen LogP contribution in [0.15, 0.2) is 58.4 Å². The maximum absolute atomic E-state index is 13.1. The molecule has 1 amide bonds. The van der Waals surface area contributed by atoms with Crippen molar-refractivity contribution in [2.24, 2.45) is 0 Å².